The number of nitro groups is 1. The van der Waals surface area contributed by atoms with E-state index in [1.165, 1.54) is 17.0 Å². The van der Waals surface area contributed by atoms with Crippen LogP contribution in [0, 0.1) is 10.1 Å². The Morgan fingerprint density at radius 3 is 2.03 bits per heavy atom. The first-order valence-corrected chi connectivity index (χ1v) is 11.6. The number of hydrogen-bond donors (Lipinski definition) is 0. The first-order chi connectivity index (χ1) is 16.9. The lowest BCUT2D eigenvalue weighted by Crippen LogP contribution is -2.49. The fourth-order valence-electron chi connectivity index (χ4n) is 4.83. The summed E-state index contributed by atoms with van der Waals surface area (Å²) in [5.41, 5.74) is 1.98. The van der Waals surface area contributed by atoms with Crippen molar-refractivity contribution in [3.63, 3.8) is 0 Å². The Bertz CT molecular complexity index is 1280. The molecule has 0 saturated carbocycles. The number of rotatable bonds is 6. The van der Waals surface area contributed by atoms with E-state index >= 15 is 0 Å². The van der Waals surface area contributed by atoms with Gasteiger partial charge in [-0.05, 0) is 36.1 Å². The van der Waals surface area contributed by atoms with Crippen molar-refractivity contribution in [1.29, 1.82) is 0 Å². The number of benzene rings is 3. The molecule has 0 aromatic heterocycles. The Hall–Kier alpha value is -4.27. The lowest BCUT2D eigenvalue weighted by atomic mass is 9.94. The van der Waals surface area contributed by atoms with E-state index in [1.807, 2.05) is 24.3 Å². The van der Waals surface area contributed by atoms with Crippen LogP contribution in [0.2, 0.25) is 0 Å². The summed E-state index contributed by atoms with van der Waals surface area (Å²) >= 11 is 0. The highest BCUT2D eigenvalue weighted by atomic mass is 16.6. The lowest BCUT2D eigenvalue weighted by molar-refractivity contribution is -0.384. The topological polar surface area (TPSA) is 104 Å². The summed E-state index contributed by atoms with van der Waals surface area (Å²) in [5.74, 6) is -0.639. The van der Waals surface area contributed by atoms with Crippen LogP contribution in [0.25, 0.3) is 10.8 Å². The smallest absolute Gasteiger partial charge is 0.269 e. The van der Waals surface area contributed by atoms with Crippen LogP contribution in [0.3, 0.4) is 0 Å². The number of hydrogen-bond acceptors (Lipinski definition) is 6. The number of amides is 3. The molecule has 3 aromatic rings. The van der Waals surface area contributed by atoms with Crippen molar-refractivity contribution in [2.24, 2.45) is 0 Å². The summed E-state index contributed by atoms with van der Waals surface area (Å²) in [6.07, 6.45) is 0.650. The van der Waals surface area contributed by atoms with Crippen LogP contribution in [0.5, 0.6) is 0 Å². The molecule has 2 aliphatic rings. The van der Waals surface area contributed by atoms with Gasteiger partial charge in [0.25, 0.3) is 17.5 Å². The Labute approximate surface area is 201 Å². The van der Waals surface area contributed by atoms with E-state index in [9.17, 15) is 24.5 Å². The third kappa shape index (κ3) is 4.21. The minimum Gasteiger partial charge on any atom is -0.368 e. The van der Waals surface area contributed by atoms with Gasteiger partial charge >= 0.3 is 0 Å². The summed E-state index contributed by atoms with van der Waals surface area (Å²) in [6.45, 7) is 2.55. The standard InChI is InChI=1S/C26H24N4O5/c31-23(28-16-14-27(15-17-28)19-9-11-20(12-10-19)30(34)35)8-3-13-29-25(32)21-6-1-4-18-5-2-7-22(24(18)21)26(29)33/h1-2,4-7,9-12H,3,8,13-17H2. The second-order valence-corrected chi connectivity index (χ2v) is 8.72. The summed E-state index contributed by atoms with van der Waals surface area (Å²) in [5, 5.41) is 12.4. The number of non-ortho nitro benzene ring substituents is 1. The third-order valence-corrected chi connectivity index (χ3v) is 6.69. The molecule has 3 aromatic carbocycles. The zero-order valence-corrected chi connectivity index (χ0v) is 19.1. The van der Waals surface area contributed by atoms with Crippen LogP contribution < -0.4 is 4.90 Å². The molecule has 0 atom stereocenters. The predicted octanol–water partition coefficient (Wildman–Crippen LogP) is 3.47. The molecule has 0 radical (unpaired) electrons. The summed E-state index contributed by atoms with van der Waals surface area (Å²) in [4.78, 5) is 54.3. The summed E-state index contributed by atoms with van der Waals surface area (Å²) < 4.78 is 0. The molecule has 0 spiro atoms. The highest BCUT2D eigenvalue weighted by molar-refractivity contribution is 6.25. The van der Waals surface area contributed by atoms with E-state index in [4.69, 9.17) is 0 Å². The van der Waals surface area contributed by atoms with Gasteiger partial charge in [-0.3, -0.25) is 29.4 Å². The van der Waals surface area contributed by atoms with E-state index in [1.54, 1.807) is 29.2 Å². The van der Waals surface area contributed by atoms with Crippen LogP contribution in [-0.4, -0.2) is 65.2 Å². The predicted molar refractivity (Wildman–Crippen MR) is 130 cm³/mol. The van der Waals surface area contributed by atoms with Crippen LogP contribution in [0.15, 0.2) is 60.7 Å². The van der Waals surface area contributed by atoms with E-state index in [-0.39, 0.29) is 36.4 Å². The Morgan fingerprint density at radius 1 is 0.857 bits per heavy atom. The van der Waals surface area contributed by atoms with E-state index in [2.05, 4.69) is 4.90 Å². The molecule has 2 heterocycles. The molecular formula is C26H24N4O5. The number of nitro benzene ring substituents is 1. The van der Waals surface area contributed by atoms with Crippen LogP contribution in [0.1, 0.15) is 33.6 Å². The van der Waals surface area contributed by atoms with Crippen LogP contribution in [0.4, 0.5) is 11.4 Å². The van der Waals surface area contributed by atoms with Crippen molar-refractivity contribution < 1.29 is 19.3 Å². The van der Waals surface area contributed by atoms with Gasteiger partial charge in [0, 0.05) is 73.5 Å². The number of piperazine rings is 1. The number of carbonyl (C=O) groups is 3. The fraction of sp³-hybridized carbons (Fsp3) is 0.269. The molecule has 0 unspecified atom stereocenters. The van der Waals surface area contributed by atoms with Crippen LogP contribution >= 0.6 is 0 Å². The van der Waals surface area contributed by atoms with Gasteiger partial charge in [0.1, 0.15) is 0 Å². The minimum atomic E-state index is -0.426. The van der Waals surface area contributed by atoms with Gasteiger partial charge < -0.3 is 9.80 Å². The molecule has 0 N–H and O–H groups in total. The molecule has 2 aliphatic heterocycles. The molecule has 1 fully saturated rings. The molecule has 35 heavy (non-hydrogen) atoms. The third-order valence-electron chi connectivity index (χ3n) is 6.69. The van der Waals surface area contributed by atoms with Crippen molar-refractivity contribution >= 4 is 39.9 Å². The maximum Gasteiger partial charge on any atom is 0.269 e. The fourth-order valence-corrected chi connectivity index (χ4v) is 4.83. The number of carbonyl (C=O) groups excluding carboxylic acids is 3. The molecule has 5 rings (SSSR count). The highest BCUT2D eigenvalue weighted by Crippen LogP contribution is 2.30. The van der Waals surface area contributed by atoms with Crippen molar-refractivity contribution in [2.75, 3.05) is 37.6 Å². The van der Waals surface area contributed by atoms with Gasteiger partial charge in [-0.15, -0.1) is 0 Å². The van der Waals surface area contributed by atoms with Crippen molar-refractivity contribution in [2.45, 2.75) is 12.8 Å². The largest absolute Gasteiger partial charge is 0.368 e. The van der Waals surface area contributed by atoms with Gasteiger partial charge in [-0.1, -0.05) is 24.3 Å². The Morgan fingerprint density at radius 2 is 1.46 bits per heavy atom. The van der Waals surface area contributed by atoms with Crippen LogP contribution in [-0.2, 0) is 4.79 Å². The zero-order valence-electron chi connectivity index (χ0n) is 19.1. The van der Waals surface area contributed by atoms with Gasteiger partial charge in [0.15, 0.2) is 0 Å². The monoisotopic (exact) mass is 472 g/mol. The van der Waals surface area contributed by atoms with Gasteiger partial charge in [0.2, 0.25) is 5.91 Å². The van der Waals surface area contributed by atoms with Gasteiger partial charge in [-0.25, -0.2) is 0 Å². The molecule has 9 heteroatoms. The normalized spacial score (nSPS) is 15.6. The Kier molecular flexibility index (Phi) is 5.90. The molecule has 9 nitrogen and oxygen atoms in total. The Balaban J connectivity index is 1.15. The maximum absolute atomic E-state index is 13.0. The second kappa shape index (κ2) is 9.17. The first-order valence-electron chi connectivity index (χ1n) is 11.6. The van der Waals surface area contributed by atoms with Crippen molar-refractivity contribution in [1.82, 2.24) is 9.80 Å². The van der Waals surface area contributed by atoms with E-state index in [0.717, 1.165) is 11.1 Å². The molecule has 3 amide bonds. The van der Waals surface area contributed by atoms with Gasteiger partial charge in [-0.2, -0.15) is 0 Å². The van der Waals surface area contributed by atoms with Crippen molar-refractivity contribution in [3.8, 4) is 0 Å². The number of nitrogens with zero attached hydrogens (tertiary/aromatic N) is 4. The second-order valence-electron chi connectivity index (χ2n) is 8.72. The molecular weight excluding hydrogens is 448 g/mol. The molecule has 0 bridgehead atoms. The average molecular weight is 473 g/mol. The average Bonchev–Trinajstić information content (AvgIpc) is 2.89. The maximum atomic E-state index is 13.0. The van der Waals surface area contributed by atoms with E-state index < -0.39 is 4.92 Å². The SMILES string of the molecule is O=C(CCCN1C(=O)c2cccc3cccc(c23)C1=O)N1CCN(c2ccc([N+](=O)[O-])cc2)CC1. The molecule has 178 valence electrons. The summed E-state index contributed by atoms with van der Waals surface area (Å²) in [7, 11) is 0. The lowest BCUT2D eigenvalue weighted by Gasteiger charge is -2.36. The first kappa shape index (κ1) is 22.5. The minimum absolute atomic E-state index is 0.00671. The van der Waals surface area contributed by atoms with Crippen molar-refractivity contribution in [3.05, 3.63) is 81.9 Å². The quantitative estimate of drug-likeness (QED) is 0.309. The number of anilines is 1. The molecule has 0 aliphatic carbocycles. The van der Waals surface area contributed by atoms with Gasteiger partial charge in [0.05, 0.1) is 4.92 Å². The number of imide groups is 1. The summed E-state index contributed by atoms with van der Waals surface area (Å²) in [6, 6.07) is 17.3. The molecule has 1 saturated heterocycles. The zero-order chi connectivity index (χ0) is 24.5. The van der Waals surface area contributed by atoms with E-state index in [0.29, 0.717) is 49.1 Å². The highest BCUT2D eigenvalue weighted by Gasteiger charge is 2.32.